The number of nitrogens with one attached hydrogen (secondary N) is 2. The van der Waals surface area contributed by atoms with Crippen molar-refractivity contribution in [3.8, 4) is 5.75 Å². The van der Waals surface area contributed by atoms with Crippen LogP contribution in [0.4, 0.5) is 0 Å². The summed E-state index contributed by atoms with van der Waals surface area (Å²) in [6.07, 6.45) is -0.551. The van der Waals surface area contributed by atoms with Crippen LogP contribution in [0.3, 0.4) is 0 Å². The van der Waals surface area contributed by atoms with Crippen molar-refractivity contribution in [1.82, 2.24) is 15.5 Å². The van der Waals surface area contributed by atoms with Gasteiger partial charge >= 0.3 is 0 Å². The zero-order valence-corrected chi connectivity index (χ0v) is 18.6. The van der Waals surface area contributed by atoms with Gasteiger partial charge in [0.2, 0.25) is 0 Å². The van der Waals surface area contributed by atoms with Crippen molar-refractivity contribution in [2.45, 2.75) is 52.4 Å². The van der Waals surface area contributed by atoms with Gasteiger partial charge in [-0.1, -0.05) is 12.1 Å². The van der Waals surface area contributed by atoms with Crippen LogP contribution in [0.1, 0.15) is 46.3 Å². The predicted molar refractivity (Wildman–Crippen MR) is 118 cm³/mol. The molecule has 0 amide bonds. The zero-order valence-electron chi connectivity index (χ0n) is 18.6. The summed E-state index contributed by atoms with van der Waals surface area (Å²) in [5, 5.41) is 17.1. The first-order chi connectivity index (χ1) is 13.8. The predicted octanol–water partition coefficient (Wildman–Crippen LogP) is 2.17. The number of hydrogen-bond acceptors (Lipinski definition) is 5. The van der Waals surface area contributed by atoms with Crippen molar-refractivity contribution in [1.29, 1.82) is 0 Å². The molecule has 164 valence electrons. The van der Waals surface area contributed by atoms with Gasteiger partial charge in [0.05, 0.1) is 32.0 Å². The molecule has 1 aliphatic rings. The Hall–Kier alpha value is -1.83. The summed E-state index contributed by atoms with van der Waals surface area (Å²) < 4.78 is 11.2. The van der Waals surface area contributed by atoms with Gasteiger partial charge in [0, 0.05) is 31.7 Å². The molecular weight excluding hydrogens is 368 g/mol. The Balaban J connectivity index is 1.94. The van der Waals surface area contributed by atoms with E-state index < -0.39 is 6.10 Å². The van der Waals surface area contributed by atoms with Gasteiger partial charge in [0.15, 0.2) is 5.96 Å². The fraction of sp³-hybridized carbons (Fsp3) is 0.682. The highest BCUT2D eigenvalue weighted by Crippen LogP contribution is 2.20. The number of nitrogens with zero attached hydrogens (tertiary/aromatic N) is 2. The number of ether oxygens (including phenoxy) is 2. The average molecular weight is 407 g/mol. The van der Waals surface area contributed by atoms with Crippen LogP contribution < -0.4 is 15.4 Å². The van der Waals surface area contributed by atoms with Crippen molar-refractivity contribution < 1.29 is 14.6 Å². The number of hydrogen-bond donors (Lipinski definition) is 3. The fourth-order valence-electron chi connectivity index (χ4n) is 3.26. The molecule has 1 heterocycles. The maximum absolute atomic E-state index is 10.6. The SMILES string of the molecule is CCNC(=NCC(C)(C)N1CCOCC1)NCC(O)c1cccc(OC(C)C)c1. The second-order valence-electron chi connectivity index (χ2n) is 8.24. The Morgan fingerprint density at radius 3 is 2.66 bits per heavy atom. The van der Waals surface area contributed by atoms with Crippen LogP contribution in [0.2, 0.25) is 0 Å². The molecule has 0 saturated carbocycles. The maximum Gasteiger partial charge on any atom is 0.191 e. The molecule has 0 aliphatic carbocycles. The number of rotatable bonds is 9. The van der Waals surface area contributed by atoms with Crippen LogP contribution >= 0.6 is 0 Å². The summed E-state index contributed by atoms with van der Waals surface area (Å²) in [5.41, 5.74) is 0.771. The largest absolute Gasteiger partial charge is 0.491 e. The Bertz CT molecular complexity index is 643. The monoisotopic (exact) mass is 406 g/mol. The van der Waals surface area contributed by atoms with E-state index in [1.54, 1.807) is 0 Å². The number of aliphatic imine (C=N–C) groups is 1. The lowest BCUT2D eigenvalue weighted by molar-refractivity contribution is -0.00684. The van der Waals surface area contributed by atoms with Crippen molar-refractivity contribution in [3.63, 3.8) is 0 Å². The third-order valence-electron chi connectivity index (χ3n) is 4.91. The van der Waals surface area contributed by atoms with E-state index in [0.29, 0.717) is 19.0 Å². The average Bonchev–Trinajstić information content (AvgIpc) is 2.70. The molecule has 1 aliphatic heterocycles. The van der Waals surface area contributed by atoms with Crippen LogP contribution in [-0.2, 0) is 4.74 Å². The first kappa shape index (κ1) is 23.4. The van der Waals surface area contributed by atoms with Gasteiger partial charge < -0.3 is 25.2 Å². The summed E-state index contributed by atoms with van der Waals surface area (Å²) in [6, 6.07) is 7.60. The van der Waals surface area contributed by atoms with Crippen molar-refractivity contribution in [2.24, 2.45) is 4.99 Å². The number of guanidine groups is 1. The van der Waals surface area contributed by atoms with Crippen LogP contribution in [0.25, 0.3) is 0 Å². The first-order valence-electron chi connectivity index (χ1n) is 10.6. The smallest absolute Gasteiger partial charge is 0.191 e. The second kappa shape index (κ2) is 11.4. The lowest BCUT2D eigenvalue weighted by Gasteiger charge is -2.39. The van der Waals surface area contributed by atoms with Crippen LogP contribution in [0, 0.1) is 0 Å². The molecule has 0 radical (unpaired) electrons. The van der Waals surface area contributed by atoms with Crippen LogP contribution in [0.15, 0.2) is 29.3 Å². The lowest BCUT2D eigenvalue weighted by atomic mass is 10.0. The van der Waals surface area contributed by atoms with Crippen molar-refractivity contribution in [2.75, 3.05) is 45.9 Å². The molecule has 1 atom stereocenters. The van der Waals surface area contributed by atoms with Crippen LogP contribution in [0.5, 0.6) is 5.75 Å². The van der Waals surface area contributed by atoms with Crippen molar-refractivity contribution >= 4 is 5.96 Å². The third kappa shape index (κ3) is 7.84. The minimum atomic E-state index is -0.651. The molecule has 7 nitrogen and oxygen atoms in total. The molecule has 1 fully saturated rings. The van der Waals surface area contributed by atoms with Gasteiger partial charge in [-0.15, -0.1) is 0 Å². The Kier molecular flexibility index (Phi) is 9.20. The van der Waals surface area contributed by atoms with E-state index >= 15 is 0 Å². The van der Waals surface area contributed by atoms with E-state index in [9.17, 15) is 5.11 Å². The van der Waals surface area contributed by atoms with Crippen molar-refractivity contribution in [3.05, 3.63) is 29.8 Å². The zero-order chi connectivity index (χ0) is 21.3. The summed E-state index contributed by atoms with van der Waals surface area (Å²) in [7, 11) is 0. The highest BCUT2D eigenvalue weighted by atomic mass is 16.5. The molecule has 1 unspecified atom stereocenters. The lowest BCUT2D eigenvalue weighted by Crippen LogP contribution is -2.52. The van der Waals surface area contributed by atoms with E-state index in [0.717, 1.165) is 44.2 Å². The van der Waals surface area contributed by atoms with Gasteiger partial charge in [0.1, 0.15) is 5.75 Å². The van der Waals surface area contributed by atoms with E-state index in [1.807, 2.05) is 45.0 Å². The molecule has 29 heavy (non-hydrogen) atoms. The molecule has 1 aromatic carbocycles. The molecule has 1 aromatic rings. The van der Waals surface area contributed by atoms with E-state index in [1.165, 1.54) is 0 Å². The molecule has 1 saturated heterocycles. The Morgan fingerprint density at radius 1 is 1.28 bits per heavy atom. The van der Waals surface area contributed by atoms with Gasteiger partial charge in [-0.25, -0.2) is 0 Å². The molecule has 3 N–H and O–H groups in total. The molecule has 0 spiro atoms. The molecule has 7 heteroatoms. The number of aliphatic hydroxyl groups excluding tert-OH is 1. The fourth-order valence-corrected chi connectivity index (χ4v) is 3.26. The van der Waals surface area contributed by atoms with Gasteiger partial charge in [-0.3, -0.25) is 9.89 Å². The summed E-state index contributed by atoms with van der Waals surface area (Å²) in [4.78, 5) is 7.17. The number of benzene rings is 1. The highest BCUT2D eigenvalue weighted by molar-refractivity contribution is 5.79. The third-order valence-corrected chi connectivity index (χ3v) is 4.91. The van der Waals surface area contributed by atoms with Gasteiger partial charge in [-0.05, 0) is 52.3 Å². The minimum absolute atomic E-state index is 0.0483. The maximum atomic E-state index is 10.6. The van der Waals surface area contributed by atoms with E-state index in [4.69, 9.17) is 14.5 Å². The second-order valence-corrected chi connectivity index (χ2v) is 8.24. The Morgan fingerprint density at radius 2 is 2.00 bits per heavy atom. The summed E-state index contributed by atoms with van der Waals surface area (Å²) >= 11 is 0. The standard InChI is InChI=1S/C22H38N4O3/c1-6-23-21(25-16-22(4,5)26-10-12-28-13-11-26)24-15-20(27)18-8-7-9-19(14-18)29-17(2)3/h7-9,14,17,20,27H,6,10-13,15-16H2,1-5H3,(H2,23,24,25). The molecule has 0 aromatic heterocycles. The summed E-state index contributed by atoms with van der Waals surface area (Å²) in [6.45, 7) is 15.6. The first-order valence-corrected chi connectivity index (χ1v) is 10.6. The quantitative estimate of drug-likeness (QED) is 0.431. The van der Waals surface area contributed by atoms with Gasteiger partial charge in [-0.2, -0.15) is 0 Å². The number of aliphatic hydroxyl groups is 1. The minimum Gasteiger partial charge on any atom is -0.491 e. The molecule has 0 bridgehead atoms. The normalized spacial score (nSPS) is 17.3. The topological polar surface area (TPSA) is 78.4 Å². The summed E-state index contributed by atoms with van der Waals surface area (Å²) in [5.74, 6) is 1.48. The highest BCUT2D eigenvalue weighted by Gasteiger charge is 2.28. The number of morpholine rings is 1. The molecule has 2 rings (SSSR count). The van der Waals surface area contributed by atoms with E-state index in [2.05, 4.69) is 29.4 Å². The van der Waals surface area contributed by atoms with Gasteiger partial charge in [0.25, 0.3) is 0 Å². The molecular formula is C22H38N4O3. The van der Waals surface area contributed by atoms with E-state index in [-0.39, 0.29) is 11.6 Å². The van der Waals surface area contributed by atoms with Crippen LogP contribution in [-0.4, -0.2) is 73.5 Å². The Labute approximate surface area is 175 Å².